The maximum Gasteiger partial charge on any atom is 0.319 e. The third-order valence-electron chi connectivity index (χ3n) is 6.55. The predicted octanol–water partition coefficient (Wildman–Crippen LogP) is 4.88. The highest BCUT2D eigenvalue weighted by atomic mass is 35.5. The molecule has 1 aliphatic heterocycles. The number of anilines is 1. The highest BCUT2D eigenvalue weighted by Crippen LogP contribution is 2.44. The fourth-order valence-electron chi connectivity index (χ4n) is 4.55. The third kappa shape index (κ3) is 5.16. The molecule has 0 radical (unpaired) electrons. The van der Waals surface area contributed by atoms with E-state index in [4.69, 9.17) is 30.8 Å². The van der Waals surface area contributed by atoms with Crippen LogP contribution < -0.4 is 19.5 Å². The van der Waals surface area contributed by atoms with Crippen LogP contribution in [-0.4, -0.2) is 60.9 Å². The van der Waals surface area contributed by atoms with Crippen molar-refractivity contribution in [2.75, 3.05) is 45.2 Å². The molecule has 8 nitrogen and oxygen atoms in total. The summed E-state index contributed by atoms with van der Waals surface area (Å²) >= 11 is 6.71. The van der Waals surface area contributed by atoms with Crippen molar-refractivity contribution in [2.45, 2.75) is 51.6 Å². The average molecular weight is 486 g/mol. The molecule has 0 spiro atoms. The lowest BCUT2D eigenvalue weighted by molar-refractivity contribution is 0.192. The molecule has 1 aromatic carbocycles. The molecule has 1 aliphatic carbocycles. The van der Waals surface area contributed by atoms with E-state index in [1.807, 2.05) is 6.07 Å². The molecule has 1 fully saturated rings. The van der Waals surface area contributed by atoms with Crippen molar-refractivity contribution in [1.29, 1.82) is 5.26 Å². The Morgan fingerprint density at radius 2 is 1.94 bits per heavy atom. The summed E-state index contributed by atoms with van der Waals surface area (Å²) in [6.07, 6.45) is 4.41. The summed E-state index contributed by atoms with van der Waals surface area (Å²) in [5, 5.41) is 13.4. The maximum atomic E-state index is 9.75. The summed E-state index contributed by atoms with van der Waals surface area (Å²) in [5.74, 6) is 1.38. The van der Waals surface area contributed by atoms with Crippen molar-refractivity contribution in [2.24, 2.45) is 0 Å². The molecule has 1 N–H and O–H groups in total. The fraction of sp³-hybridized carbons (Fsp3) is 0.560. The Labute approximate surface area is 206 Å². The molecule has 9 heteroatoms. The minimum Gasteiger partial charge on any atom is -0.493 e. The molecule has 4 rings (SSSR count). The molecule has 0 amide bonds. The van der Waals surface area contributed by atoms with Crippen LogP contribution in [-0.2, 0) is 0 Å². The van der Waals surface area contributed by atoms with Crippen molar-refractivity contribution < 1.29 is 14.2 Å². The van der Waals surface area contributed by atoms with Crippen LogP contribution in [0.1, 0.15) is 51.0 Å². The first-order valence-electron chi connectivity index (χ1n) is 12.0. The molecule has 1 aromatic heterocycles. The highest BCUT2D eigenvalue weighted by Gasteiger charge is 2.31. The van der Waals surface area contributed by atoms with E-state index in [1.165, 1.54) is 0 Å². The Bertz CT molecular complexity index is 1050. The fourth-order valence-corrected chi connectivity index (χ4v) is 4.79. The van der Waals surface area contributed by atoms with Gasteiger partial charge in [-0.05, 0) is 44.8 Å². The number of likely N-dealkylation sites (N-methyl/N-ethyl adjacent to an activating group) is 1. The number of fused-ring (bicyclic) bond motifs is 1. The quantitative estimate of drug-likeness (QED) is 0.509. The van der Waals surface area contributed by atoms with Gasteiger partial charge >= 0.3 is 6.01 Å². The monoisotopic (exact) mass is 485 g/mol. The third-order valence-corrected chi connectivity index (χ3v) is 6.86. The van der Waals surface area contributed by atoms with Gasteiger partial charge in [0.05, 0.1) is 29.8 Å². The smallest absolute Gasteiger partial charge is 0.319 e. The van der Waals surface area contributed by atoms with Crippen molar-refractivity contribution in [1.82, 2.24) is 14.9 Å². The van der Waals surface area contributed by atoms with Crippen LogP contribution in [0.2, 0.25) is 5.02 Å². The molecular formula is C25H32ClN5O3. The van der Waals surface area contributed by atoms with E-state index in [1.54, 1.807) is 13.2 Å². The van der Waals surface area contributed by atoms with Gasteiger partial charge in [-0.2, -0.15) is 15.2 Å². The number of nitriles is 1. The van der Waals surface area contributed by atoms with Crippen LogP contribution in [0.15, 0.2) is 12.1 Å². The standard InChI is InChI=1S/C25H32ClN5O3/c1-4-31(5-2)10-11-33-21-12-18(19(26)13-20(21)32-3)23-22-16(14-27)15-28-24(22)30-25(29-23)34-17-8-6-7-9-17/h12-13,16-17H,4-11,15H2,1-3H3,(H,28,29,30). The van der Waals surface area contributed by atoms with Gasteiger partial charge in [0.25, 0.3) is 0 Å². The number of hydrogen-bond acceptors (Lipinski definition) is 8. The Balaban J connectivity index is 1.71. The number of benzene rings is 1. The Hall–Kier alpha value is -2.76. The first-order valence-corrected chi connectivity index (χ1v) is 12.4. The Morgan fingerprint density at radius 3 is 2.62 bits per heavy atom. The second-order valence-corrected chi connectivity index (χ2v) is 8.97. The van der Waals surface area contributed by atoms with Gasteiger partial charge in [-0.15, -0.1) is 0 Å². The molecule has 0 bridgehead atoms. The first kappa shape index (κ1) is 24.4. The minimum atomic E-state index is -0.379. The summed E-state index contributed by atoms with van der Waals surface area (Å²) in [6.45, 7) is 7.97. The van der Waals surface area contributed by atoms with Crippen LogP contribution in [0.25, 0.3) is 11.3 Å². The number of aromatic nitrogens is 2. The molecule has 2 heterocycles. The Kier molecular flexibility index (Phi) is 7.96. The number of hydrogen-bond donors (Lipinski definition) is 1. The number of nitrogens with zero attached hydrogens (tertiary/aromatic N) is 4. The molecule has 182 valence electrons. The normalized spacial score (nSPS) is 17.4. The second kappa shape index (κ2) is 11.1. The van der Waals surface area contributed by atoms with Gasteiger partial charge in [0, 0.05) is 30.3 Å². The summed E-state index contributed by atoms with van der Waals surface area (Å²) in [5.41, 5.74) is 2.00. The molecule has 0 saturated heterocycles. The summed E-state index contributed by atoms with van der Waals surface area (Å²) < 4.78 is 17.8. The lowest BCUT2D eigenvalue weighted by Crippen LogP contribution is -2.27. The average Bonchev–Trinajstić information content (AvgIpc) is 3.51. The highest BCUT2D eigenvalue weighted by molar-refractivity contribution is 6.33. The van der Waals surface area contributed by atoms with Gasteiger partial charge in [0.15, 0.2) is 11.5 Å². The zero-order chi connectivity index (χ0) is 24.1. The van der Waals surface area contributed by atoms with Crippen LogP contribution in [0.3, 0.4) is 0 Å². The van der Waals surface area contributed by atoms with Gasteiger partial charge < -0.3 is 24.4 Å². The molecule has 2 aromatic rings. The zero-order valence-corrected chi connectivity index (χ0v) is 20.8. The van der Waals surface area contributed by atoms with Gasteiger partial charge in [-0.25, -0.2) is 0 Å². The van der Waals surface area contributed by atoms with E-state index in [0.29, 0.717) is 52.8 Å². The molecule has 34 heavy (non-hydrogen) atoms. The van der Waals surface area contributed by atoms with Crippen molar-refractivity contribution in [3.63, 3.8) is 0 Å². The number of methoxy groups -OCH3 is 1. The van der Waals surface area contributed by atoms with Crippen molar-refractivity contribution in [3.05, 3.63) is 22.7 Å². The van der Waals surface area contributed by atoms with E-state index in [2.05, 4.69) is 35.1 Å². The van der Waals surface area contributed by atoms with Gasteiger partial charge in [-0.3, -0.25) is 0 Å². The van der Waals surface area contributed by atoms with E-state index >= 15 is 0 Å². The van der Waals surface area contributed by atoms with Gasteiger partial charge in [-0.1, -0.05) is 25.4 Å². The molecular weight excluding hydrogens is 454 g/mol. The molecule has 2 aliphatic rings. The summed E-state index contributed by atoms with van der Waals surface area (Å²) in [4.78, 5) is 11.6. The van der Waals surface area contributed by atoms with Gasteiger partial charge in [0.2, 0.25) is 0 Å². The second-order valence-electron chi connectivity index (χ2n) is 8.56. The molecule has 1 unspecified atom stereocenters. The lowest BCUT2D eigenvalue weighted by atomic mass is 9.98. The van der Waals surface area contributed by atoms with Crippen molar-refractivity contribution in [3.8, 4) is 34.8 Å². The summed E-state index contributed by atoms with van der Waals surface area (Å²) in [6, 6.07) is 6.24. The number of nitrogens with one attached hydrogen (secondary N) is 1. The first-order chi connectivity index (χ1) is 16.6. The number of rotatable bonds is 10. The minimum absolute atomic E-state index is 0.115. The van der Waals surface area contributed by atoms with Crippen LogP contribution in [0.4, 0.5) is 5.82 Å². The summed E-state index contributed by atoms with van der Waals surface area (Å²) in [7, 11) is 1.59. The number of halogens is 1. The van der Waals surface area contributed by atoms with E-state index in [0.717, 1.165) is 50.9 Å². The van der Waals surface area contributed by atoms with Crippen LogP contribution in [0, 0.1) is 11.3 Å². The topological polar surface area (TPSA) is 92.5 Å². The maximum absolute atomic E-state index is 9.75. The largest absolute Gasteiger partial charge is 0.493 e. The van der Waals surface area contributed by atoms with E-state index < -0.39 is 0 Å². The number of ether oxygens (including phenoxy) is 3. The van der Waals surface area contributed by atoms with E-state index in [-0.39, 0.29) is 12.0 Å². The van der Waals surface area contributed by atoms with Crippen molar-refractivity contribution >= 4 is 17.4 Å². The molecule has 1 saturated carbocycles. The molecule has 1 atom stereocenters. The SMILES string of the molecule is CCN(CC)CCOc1cc(-c2nc(OC3CCCC3)nc3c2C(C#N)CN3)c(Cl)cc1OC. The zero-order valence-electron chi connectivity index (χ0n) is 20.1. The van der Waals surface area contributed by atoms with Crippen LogP contribution >= 0.6 is 11.6 Å². The van der Waals surface area contributed by atoms with E-state index in [9.17, 15) is 5.26 Å². The van der Waals surface area contributed by atoms with Crippen LogP contribution in [0.5, 0.6) is 17.5 Å². The lowest BCUT2D eigenvalue weighted by Gasteiger charge is -2.20. The predicted molar refractivity (Wildman–Crippen MR) is 132 cm³/mol. The van der Waals surface area contributed by atoms with Gasteiger partial charge in [0.1, 0.15) is 18.5 Å². The Morgan fingerprint density at radius 1 is 1.18 bits per heavy atom.